The molecule has 9 heteroatoms. The highest BCUT2D eigenvalue weighted by Gasteiger charge is 2.20. The van der Waals surface area contributed by atoms with E-state index in [0.717, 1.165) is 37.7 Å². The summed E-state index contributed by atoms with van der Waals surface area (Å²) in [6, 6.07) is 11.1. The number of piperazine rings is 1. The summed E-state index contributed by atoms with van der Waals surface area (Å²) in [6.07, 6.45) is 0. The van der Waals surface area contributed by atoms with Crippen molar-refractivity contribution in [3.8, 4) is 0 Å². The monoisotopic (exact) mass is 407 g/mol. The van der Waals surface area contributed by atoms with Crippen LogP contribution in [0.2, 0.25) is 0 Å². The minimum absolute atomic E-state index is 0.267. The zero-order valence-corrected chi connectivity index (χ0v) is 17.2. The number of thiophene rings is 1. The van der Waals surface area contributed by atoms with Crippen molar-refractivity contribution in [3.05, 3.63) is 47.3 Å². The number of nitrogens with one attached hydrogen (secondary N) is 2. The van der Waals surface area contributed by atoms with E-state index in [1.807, 2.05) is 12.1 Å². The molecule has 3 rings (SSSR count). The van der Waals surface area contributed by atoms with Crippen molar-refractivity contribution in [3.63, 3.8) is 0 Å². The van der Waals surface area contributed by atoms with E-state index in [9.17, 15) is 8.42 Å². The Morgan fingerprint density at radius 2 is 1.85 bits per heavy atom. The van der Waals surface area contributed by atoms with Crippen LogP contribution < -0.4 is 14.9 Å². The third-order valence-electron chi connectivity index (χ3n) is 4.56. The summed E-state index contributed by atoms with van der Waals surface area (Å²) in [5.74, 6) is 0.868. The van der Waals surface area contributed by atoms with Gasteiger partial charge in [0, 0.05) is 39.8 Å². The molecule has 1 aliphatic heterocycles. The molecule has 0 bridgehead atoms. The second-order valence-corrected chi connectivity index (χ2v) is 8.99. The van der Waals surface area contributed by atoms with Gasteiger partial charge in [-0.1, -0.05) is 12.1 Å². The molecule has 2 heterocycles. The number of sulfonamides is 1. The summed E-state index contributed by atoms with van der Waals surface area (Å²) < 4.78 is 25.9. The van der Waals surface area contributed by atoms with Crippen molar-refractivity contribution in [1.82, 2.24) is 14.9 Å². The summed E-state index contributed by atoms with van der Waals surface area (Å²) in [5, 5.41) is 6.79. The molecule has 1 aromatic heterocycles. The van der Waals surface area contributed by atoms with Gasteiger partial charge in [-0.15, -0.1) is 11.3 Å². The van der Waals surface area contributed by atoms with Crippen LogP contribution in [0.1, 0.15) is 5.56 Å². The molecule has 1 aliphatic rings. The predicted molar refractivity (Wildman–Crippen MR) is 111 cm³/mol. The Kier molecular flexibility index (Phi) is 6.35. The van der Waals surface area contributed by atoms with Crippen LogP contribution in [0.5, 0.6) is 0 Å². The third-order valence-corrected chi connectivity index (χ3v) is 6.92. The first-order valence-corrected chi connectivity index (χ1v) is 11.2. The Labute approximate surface area is 164 Å². The fourth-order valence-corrected chi connectivity index (χ4v) is 4.52. The molecule has 1 saturated heterocycles. The maximum Gasteiger partial charge on any atom is 0.240 e. The highest BCUT2D eigenvalue weighted by molar-refractivity contribution is 7.89. The van der Waals surface area contributed by atoms with E-state index in [1.165, 1.54) is 12.0 Å². The lowest BCUT2D eigenvalue weighted by atomic mass is 10.2. The number of hydrogen-bond acceptors (Lipinski definition) is 5. The molecular weight excluding hydrogens is 382 g/mol. The summed E-state index contributed by atoms with van der Waals surface area (Å²) in [5.41, 5.74) is 1.00. The summed E-state index contributed by atoms with van der Waals surface area (Å²) in [7, 11) is -0.200. The van der Waals surface area contributed by atoms with E-state index in [2.05, 4.69) is 42.3 Å². The molecular formula is C18H25N5O2S2. The van der Waals surface area contributed by atoms with Crippen molar-refractivity contribution < 1.29 is 8.42 Å². The molecule has 0 amide bonds. The van der Waals surface area contributed by atoms with E-state index in [0.29, 0.717) is 6.54 Å². The second-order valence-electron chi connectivity index (χ2n) is 6.18. The molecule has 2 N–H and O–H groups in total. The third kappa shape index (κ3) is 4.79. The smallest absolute Gasteiger partial charge is 0.240 e. The van der Waals surface area contributed by atoms with Gasteiger partial charge in [0.2, 0.25) is 10.0 Å². The highest BCUT2D eigenvalue weighted by atomic mass is 32.2. The number of aliphatic imine (C=N–C) groups is 1. The van der Waals surface area contributed by atoms with Crippen molar-refractivity contribution >= 4 is 32.3 Å². The maximum atomic E-state index is 11.8. The Balaban J connectivity index is 1.54. The van der Waals surface area contributed by atoms with Gasteiger partial charge in [0.1, 0.15) is 0 Å². The zero-order chi connectivity index (χ0) is 19.3. The number of guanidine groups is 1. The van der Waals surface area contributed by atoms with Gasteiger partial charge in [0.05, 0.1) is 9.90 Å². The Morgan fingerprint density at radius 3 is 2.41 bits per heavy atom. The molecule has 0 atom stereocenters. The molecule has 27 heavy (non-hydrogen) atoms. The van der Waals surface area contributed by atoms with Crippen LogP contribution in [0.4, 0.5) is 5.00 Å². The maximum absolute atomic E-state index is 11.8. The van der Waals surface area contributed by atoms with Gasteiger partial charge < -0.3 is 15.1 Å². The van der Waals surface area contributed by atoms with Crippen molar-refractivity contribution in [1.29, 1.82) is 0 Å². The molecule has 2 aromatic rings. The van der Waals surface area contributed by atoms with E-state index in [4.69, 9.17) is 0 Å². The lowest BCUT2D eigenvalue weighted by molar-refractivity contribution is 0.373. The molecule has 0 spiro atoms. The van der Waals surface area contributed by atoms with E-state index < -0.39 is 10.0 Å². The van der Waals surface area contributed by atoms with Crippen LogP contribution in [0.15, 0.2) is 51.7 Å². The van der Waals surface area contributed by atoms with E-state index in [1.54, 1.807) is 30.5 Å². The summed E-state index contributed by atoms with van der Waals surface area (Å²) in [4.78, 5) is 9.31. The van der Waals surface area contributed by atoms with Gasteiger partial charge in [-0.25, -0.2) is 13.1 Å². The average molecular weight is 408 g/mol. The fraction of sp³-hybridized carbons (Fsp3) is 0.389. The minimum Gasteiger partial charge on any atom is -0.360 e. The molecule has 0 radical (unpaired) electrons. The molecule has 146 valence electrons. The summed E-state index contributed by atoms with van der Waals surface area (Å²) >= 11 is 1.77. The van der Waals surface area contributed by atoms with Crippen molar-refractivity contribution in [2.75, 3.05) is 45.2 Å². The molecule has 1 fully saturated rings. The van der Waals surface area contributed by atoms with Gasteiger partial charge in [-0.2, -0.15) is 0 Å². The molecule has 0 aliphatic carbocycles. The Morgan fingerprint density at radius 1 is 1.15 bits per heavy atom. The number of benzene rings is 1. The fourth-order valence-electron chi connectivity index (χ4n) is 3.01. The first-order valence-electron chi connectivity index (χ1n) is 8.80. The van der Waals surface area contributed by atoms with Crippen LogP contribution in [-0.2, 0) is 16.6 Å². The van der Waals surface area contributed by atoms with Gasteiger partial charge in [-0.3, -0.25) is 4.99 Å². The van der Waals surface area contributed by atoms with Gasteiger partial charge in [-0.05, 0) is 42.3 Å². The largest absolute Gasteiger partial charge is 0.360 e. The van der Waals surface area contributed by atoms with Crippen LogP contribution in [0, 0.1) is 0 Å². The van der Waals surface area contributed by atoms with E-state index in [-0.39, 0.29) is 4.90 Å². The molecule has 0 unspecified atom stereocenters. The normalized spacial score (nSPS) is 15.9. The number of rotatable bonds is 5. The molecule has 1 aromatic carbocycles. The van der Waals surface area contributed by atoms with Crippen LogP contribution >= 0.6 is 11.3 Å². The number of anilines is 1. The Bertz CT molecular complexity index is 856. The number of nitrogens with zero attached hydrogens (tertiary/aromatic N) is 3. The molecule has 0 saturated carbocycles. The Hall–Kier alpha value is -2.10. The van der Waals surface area contributed by atoms with Crippen molar-refractivity contribution in [2.24, 2.45) is 4.99 Å². The van der Waals surface area contributed by atoms with Gasteiger partial charge in [0.15, 0.2) is 5.96 Å². The van der Waals surface area contributed by atoms with E-state index >= 15 is 0 Å². The van der Waals surface area contributed by atoms with Gasteiger partial charge >= 0.3 is 0 Å². The SMILES string of the molecule is CN=C(NCc1ccc(S(=O)(=O)NC)cc1)N1CCN(c2cccs2)CC1. The van der Waals surface area contributed by atoms with Crippen LogP contribution in [0.3, 0.4) is 0 Å². The van der Waals surface area contributed by atoms with Crippen molar-refractivity contribution in [2.45, 2.75) is 11.4 Å². The second kappa shape index (κ2) is 8.73. The first kappa shape index (κ1) is 19.7. The summed E-state index contributed by atoms with van der Waals surface area (Å²) in [6.45, 7) is 4.36. The predicted octanol–water partition coefficient (Wildman–Crippen LogP) is 1.55. The highest BCUT2D eigenvalue weighted by Crippen LogP contribution is 2.22. The lowest BCUT2D eigenvalue weighted by Gasteiger charge is -2.37. The number of hydrogen-bond donors (Lipinski definition) is 2. The molecule has 7 nitrogen and oxygen atoms in total. The quantitative estimate of drug-likeness (QED) is 0.581. The van der Waals surface area contributed by atoms with Crippen LogP contribution in [-0.4, -0.2) is 59.6 Å². The topological polar surface area (TPSA) is 77.0 Å². The first-order chi connectivity index (χ1) is 13.0. The average Bonchev–Trinajstić information content (AvgIpc) is 3.24. The lowest BCUT2D eigenvalue weighted by Crippen LogP contribution is -2.52. The standard InChI is InChI=1S/C18H25N5O2S2/c1-19-18(23-11-9-22(10-12-23)17-4-3-13-26-17)21-14-15-5-7-16(8-6-15)27(24,25)20-2/h3-8,13,20H,9-12,14H2,1-2H3,(H,19,21). The van der Waals surface area contributed by atoms with Gasteiger partial charge in [0.25, 0.3) is 0 Å². The zero-order valence-electron chi connectivity index (χ0n) is 15.6. The van der Waals surface area contributed by atoms with Crippen LogP contribution in [0.25, 0.3) is 0 Å². The minimum atomic E-state index is -3.40.